The van der Waals surface area contributed by atoms with Gasteiger partial charge in [0.25, 0.3) is 0 Å². The van der Waals surface area contributed by atoms with E-state index in [1.165, 1.54) is 70.9 Å². The second kappa shape index (κ2) is 14.0. The van der Waals surface area contributed by atoms with Crippen LogP contribution in [-0.4, -0.2) is 19.3 Å². The molecule has 2 heteroatoms. The van der Waals surface area contributed by atoms with Gasteiger partial charge in [-0.1, -0.05) is 59.3 Å². The molecule has 2 nitrogen and oxygen atoms in total. The molecule has 0 spiro atoms. The summed E-state index contributed by atoms with van der Waals surface area (Å²) in [5.41, 5.74) is 0. The van der Waals surface area contributed by atoms with Crippen LogP contribution in [0.4, 0.5) is 0 Å². The maximum Gasteiger partial charge on any atom is 0.0571 e. The summed E-state index contributed by atoms with van der Waals surface area (Å²) in [6.07, 6.45) is 12.4. The second-order valence-corrected chi connectivity index (χ2v) is 5.02. The third-order valence-corrected chi connectivity index (χ3v) is 3.19. The number of hydrogen-bond donors (Lipinski definition) is 2. The minimum atomic E-state index is 0.545. The van der Waals surface area contributed by atoms with Crippen LogP contribution in [0.5, 0.6) is 0 Å². The molecule has 0 saturated carbocycles. The fourth-order valence-electron chi connectivity index (χ4n) is 1.99. The Balaban J connectivity index is 3.56. The third-order valence-electron chi connectivity index (χ3n) is 3.19. The van der Waals surface area contributed by atoms with Gasteiger partial charge in [0.1, 0.15) is 0 Å². The number of hydrogen-bond acceptors (Lipinski definition) is 2. The van der Waals surface area contributed by atoms with Gasteiger partial charge < -0.3 is 10.6 Å². The number of nitrogens with one attached hydrogen (secondary N) is 2. The van der Waals surface area contributed by atoms with Gasteiger partial charge in [0.05, 0.1) is 6.17 Å². The van der Waals surface area contributed by atoms with E-state index in [1.54, 1.807) is 0 Å². The highest BCUT2D eigenvalue weighted by molar-refractivity contribution is 4.64. The van der Waals surface area contributed by atoms with Crippen LogP contribution >= 0.6 is 0 Å². The minimum Gasteiger partial charge on any atom is -0.302 e. The number of rotatable bonds is 13. The first-order valence-corrected chi connectivity index (χ1v) is 7.81. The molecule has 0 rings (SSSR count). The first-order valence-electron chi connectivity index (χ1n) is 7.81. The summed E-state index contributed by atoms with van der Waals surface area (Å²) < 4.78 is 0. The van der Waals surface area contributed by atoms with Crippen molar-refractivity contribution < 1.29 is 0 Å². The fraction of sp³-hybridized carbons (Fsp3) is 1.00. The SMILES string of the molecule is CCCCCNC(CCCC)NCCCCC. The molecule has 0 aliphatic carbocycles. The quantitative estimate of drug-likeness (QED) is 0.376. The Morgan fingerprint density at radius 1 is 0.647 bits per heavy atom. The van der Waals surface area contributed by atoms with Crippen LogP contribution in [0, 0.1) is 0 Å². The van der Waals surface area contributed by atoms with Crippen molar-refractivity contribution in [2.75, 3.05) is 13.1 Å². The molecule has 0 saturated heterocycles. The summed E-state index contributed by atoms with van der Waals surface area (Å²) in [5, 5.41) is 7.31. The van der Waals surface area contributed by atoms with E-state index in [2.05, 4.69) is 31.4 Å². The largest absolute Gasteiger partial charge is 0.302 e. The van der Waals surface area contributed by atoms with Crippen molar-refractivity contribution in [2.45, 2.75) is 84.7 Å². The Bertz CT molecular complexity index is 125. The Morgan fingerprint density at radius 3 is 1.53 bits per heavy atom. The summed E-state index contributed by atoms with van der Waals surface area (Å²) in [6, 6.07) is 0. The summed E-state index contributed by atoms with van der Waals surface area (Å²) in [6.45, 7) is 9.13. The molecule has 0 aromatic rings. The Labute approximate surface area is 109 Å². The van der Waals surface area contributed by atoms with Crippen molar-refractivity contribution in [1.82, 2.24) is 10.6 Å². The average molecular weight is 242 g/mol. The molecule has 2 N–H and O–H groups in total. The molecule has 0 amide bonds. The van der Waals surface area contributed by atoms with Crippen LogP contribution in [0.15, 0.2) is 0 Å². The van der Waals surface area contributed by atoms with Gasteiger partial charge in [-0.15, -0.1) is 0 Å². The molecule has 0 aliphatic rings. The molecular weight excluding hydrogens is 208 g/mol. The van der Waals surface area contributed by atoms with Crippen molar-refractivity contribution in [3.05, 3.63) is 0 Å². The molecule has 0 unspecified atom stereocenters. The highest BCUT2D eigenvalue weighted by Crippen LogP contribution is 2.00. The van der Waals surface area contributed by atoms with Crippen LogP contribution in [0.2, 0.25) is 0 Å². The zero-order valence-electron chi connectivity index (χ0n) is 12.4. The predicted molar refractivity (Wildman–Crippen MR) is 78.4 cm³/mol. The first kappa shape index (κ1) is 16.9. The van der Waals surface area contributed by atoms with E-state index in [0.717, 1.165) is 0 Å². The van der Waals surface area contributed by atoms with Crippen molar-refractivity contribution in [2.24, 2.45) is 0 Å². The maximum absolute atomic E-state index is 3.66. The van der Waals surface area contributed by atoms with E-state index in [4.69, 9.17) is 0 Å². The number of unbranched alkanes of at least 4 members (excludes halogenated alkanes) is 5. The molecule has 0 aromatic carbocycles. The van der Waals surface area contributed by atoms with Crippen molar-refractivity contribution >= 4 is 0 Å². The Kier molecular flexibility index (Phi) is 13.9. The Morgan fingerprint density at radius 2 is 1.12 bits per heavy atom. The summed E-state index contributed by atoms with van der Waals surface area (Å²) in [7, 11) is 0. The van der Waals surface area contributed by atoms with E-state index in [9.17, 15) is 0 Å². The van der Waals surface area contributed by atoms with Gasteiger partial charge in [-0.3, -0.25) is 0 Å². The van der Waals surface area contributed by atoms with E-state index < -0.39 is 0 Å². The van der Waals surface area contributed by atoms with Crippen LogP contribution in [0.25, 0.3) is 0 Å². The molecule has 0 fully saturated rings. The highest BCUT2D eigenvalue weighted by atomic mass is 15.1. The zero-order chi connectivity index (χ0) is 12.8. The van der Waals surface area contributed by atoms with Crippen LogP contribution in [0.3, 0.4) is 0 Å². The van der Waals surface area contributed by atoms with Crippen molar-refractivity contribution in [3.8, 4) is 0 Å². The summed E-state index contributed by atoms with van der Waals surface area (Å²) in [4.78, 5) is 0. The smallest absolute Gasteiger partial charge is 0.0571 e. The molecule has 0 aromatic heterocycles. The summed E-state index contributed by atoms with van der Waals surface area (Å²) in [5.74, 6) is 0. The molecule has 104 valence electrons. The molecule has 0 bridgehead atoms. The minimum absolute atomic E-state index is 0.545. The average Bonchev–Trinajstić information content (AvgIpc) is 2.35. The fourth-order valence-corrected chi connectivity index (χ4v) is 1.99. The molecule has 0 radical (unpaired) electrons. The van der Waals surface area contributed by atoms with Gasteiger partial charge in [-0.05, 0) is 32.4 Å². The molecule has 0 atom stereocenters. The molecule has 17 heavy (non-hydrogen) atoms. The van der Waals surface area contributed by atoms with Gasteiger partial charge in [0.2, 0.25) is 0 Å². The monoisotopic (exact) mass is 242 g/mol. The zero-order valence-corrected chi connectivity index (χ0v) is 12.4. The van der Waals surface area contributed by atoms with Gasteiger partial charge >= 0.3 is 0 Å². The normalized spacial score (nSPS) is 11.3. The molecular formula is C15H34N2. The van der Waals surface area contributed by atoms with E-state index in [1.807, 2.05) is 0 Å². The standard InChI is InChI=1S/C15H34N2/c1-4-7-10-13-16-15(12-9-6-3)17-14-11-8-5-2/h15-17H,4-14H2,1-3H3. The van der Waals surface area contributed by atoms with E-state index in [-0.39, 0.29) is 0 Å². The van der Waals surface area contributed by atoms with E-state index in [0.29, 0.717) is 6.17 Å². The van der Waals surface area contributed by atoms with Crippen molar-refractivity contribution in [1.29, 1.82) is 0 Å². The third kappa shape index (κ3) is 12.2. The lowest BCUT2D eigenvalue weighted by molar-refractivity contribution is 0.382. The van der Waals surface area contributed by atoms with Gasteiger partial charge in [-0.25, -0.2) is 0 Å². The lowest BCUT2D eigenvalue weighted by Crippen LogP contribution is -2.43. The van der Waals surface area contributed by atoms with Crippen LogP contribution in [-0.2, 0) is 0 Å². The lowest BCUT2D eigenvalue weighted by atomic mass is 10.2. The van der Waals surface area contributed by atoms with Crippen LogP contribution in [0.1, 0.15) is 78.6 Å². The van der Waals surface area contributed by atoms with Gasteiger partial charge in [0.15, 0.2) is 0 Å². The highest BCUT2D eigenvalue weighted by Gasteiger charge is 2.05. The first-order chi connectivity index (χ1) is 8.35. The second-order valence-electron chi connectivity index (χ2n) is 5.02. The summed E-state index contributed by atoms with van der Waals surface area (Å²) >= 11 is 0. The van der Waals surface area contributed by atoms with E-state index >= 15 is 0 Å². The molecule has 0 heterocycles. The maximum atomic E-state index is 3.66. The molecule has 0 aliphatic heterocycles. The van der Waals surface area contributed by atoms with Gasteiger partial charge in [-0.2, -0.15) is 0 Å². The Hall–Kier alpha value is -0.0800. The van der Waals surface area contributed by atoms with Crippen LogP contribution < -0.4 is 10.6 Å². The predicted octanol–water partition coefficient (Wildman–Crippen LogP) is 4.06. The topological polar surface area (TPSA) is 24.1 Å². The lowest BCUT2D eigenvalue weighted by Gasteiger charge is -2.20. The van der Waals surface area contributed by atoms with Crippen molar-refractivity contribution in [3.63, 3.8) is 0 Å². The van der Waals surface area contributed by atoms with Gasteiger partial charge in [0, 0.05) is 0 Å².